The molecule has 0 bridgehead atoms. The quantitative estimate of drug-likeness (QED) is 0.804. The molecule has 0 radical (unpaired) electrons. The topological polar surface area (TPSA) is 63.8 Å². The van der Waals surface area contributed by atoms with Gasteiger partial charge in [-0.15, -0.1) is 0 Å². The van der Waals surface area contributed by atoms with Gasteiger partial charge < -0.3 is 5.11 Å². The molecule has 0 aromatic carbocycles. The Morgan fingerprint density at radius 1 is 1.40 bits per heavy atom. The molecular formula is C14H13ClN4O. The van der Waals surface area contributed by atoms with Gasteiger partial charge in [0.15, 0.2) is 5.65 Å². The van der Waals surface area contributed by atoms with Crippen LogP contribution in [0, 0.1) is 0 Å². The van der Waals surface area contributed by atoms with Gasteiger partial charge >= 0.3 is 0 Å². The molecule has 6 heteroatoms. The Morgan fingerprint density at radius 2 is 2.25 bits per heavy atom. The zero-order valence-electron chi connectivity index (χ0n) is 10.9. The SMILES string of the molecule is CCC(c1cccnc1)n1c(O)nc2ncc(Cl)cc21. The van der Waals surface area contributed by atoms with Gasteiger partial charge in [0.2, 0.25) is 0 Å². The van der Waals surface area contributed by atoms with E-state index in [1.807, 2.05) is 19.1 Å². The van der Waals surface area contributed by atoms with Crippen molar-refractivity contribution < 1.29 is 5.11 Å². The minimum Gasteiger partial charge on any atom is -0.480 e. The lowest BCUT2D eigenvalue weighted by Gasteiger charge is -2.18. The summed E-state index contributed by atoms with van der Waals surface area (Å²) in [7, 11) is 0. The van der Waals surface area contributed by atoms with Crippen LogP contribution in [0.15, 0.2) is 36.8 Å². The Morgan fingerprint density at radius 3 is 2.95 bits per heavy atom. The number of fused-ring (bicyclic) bond motifs is 1. The van der Waals surface area contributed by atoms with Gasteiger partial charge in [-0.1, -0.05) is 24.6 Å². The molecule has 102 valence electrons. The summed E-state index contributed by atoms with van der Waals surface area (Å²) in [5.41, 5.74) is 2.20. The molecule has 0 amide bonds. The van der Waals surface area contributed by atoms with Gasteiger partial charge in [-0.05, 0) is 24.1 Å². The van der Waals surface area contributed by atoms with Crippen LogP contribution in [-0.4, -0.2) is 24.6 Å². The van der Waals surface area contributed by atoms with Crippen molar-refractivity contribution in [3.05, 3.63) is 47.4 Å². The lowest BCUT2D eigenvalue weighted by Crippen LogP contribution is -2.09. The molecule has 0 saturated carbocycles. The number of halogens is 1. The van der Waals surface area contributed by atoms with E-state index in [1.165, 1.54) is 6.20 Å². The van der Waals surface area contributed by atoms with E-state index in [0.29, 0.717) is 16.2 Å². The number of aromatic hydroxyl groups is 1. The van der Waals surface area contributed by atoms with E-state index in [1.54, 1.807) is 23.0 Å². The van der Waals surface area contributed by atoms with Gasteiger partial charge in [-0.25, -0.2) is 4.98 Å². The molecule has 0 saturated heterocycles. The van der Waals surface area contributed by atoms with Crippen LogP contribution in [0.2, 0.25) is 5.02 Å². The summed E-state index contributed by atoms with van der Waals surface area (Å²) >= 11 is 6.00. The number of hydrogen-bond acceptors (Lipinski definition) is 4. The van der Waals surface area contributed by atoms with Gasteiger partial charge in [0.05, 0.1) is 16.6 Å². The molecule has 1 unspecified atom stereocenters. The average molecular weight is 289 g/mol. The van der Waals surface area contributed by atoms with Crippen molar-refractivity contribution in [3.63, 3.8) is 0 Å². The predicted octanol–water partition coefficient (Wildman–Crippen LogP) is 3.18. The molecule has 3 aromatic rings. The molecule has 3 aromatic heterocycles. The third-order valence-corrected chi connectivity index (χ3v) is 3.47. The Bertz CT molecular complexity index is 742. The highest BCUT2D eigenvalue weighted by Crippen LogP contribution is 2.31. The fourth-order valence-electron chi connectivity index (χ4n) is 2.39. The van der Waals surface area contributed by atoms with Crippen LogP contribution in [0.3, 0.4) is 0 Å². The van der Waals surface area contributed by atoms with Gasteiger partial charge in [-0.2, -0.15) is 4.98 Å². The first-order chi connectivity index (χ1) is 9.70. The summed E-state index contributed by atoms with van der Waals surface area (Å²) in [6.07, 6.45) is 5.82. The first-order valence-electron chi connectivity index (χ1n) is 6.33. The fraction of sp³-hybridized carbons (Fsp3) is 0.214. The summed E-state index contributed by atoms with van der Waals surface area (Å²) in [5.74, 6) is 0. The van der Waals surface area contributed by atoms with E-state index in [4.69, 9.17) is 11.6 Å². The molecule has 5 nitrogen and oxygen atoms in total. The smallest absolute Gasteiger partial charge is 0.296 e. The van der Waals surface area contributed by atoms with Gasteiger partial charge in [0.25, 0.3) is 6.01 Å². The molecule has 20 heavy (non-hydrogen) atoms. The largest absolute Gasteiger partial charge is 0.480 e. The van der Waals surface area contributed by atoms with E-state index in [-0.39, 0.29) is 12.1 Å². The van der Waals surface area contributed by atoms with E-state index in [2.05, 4.69) is 15.0 Å². The Balaban J connectivity index is 2.21. The minimum absolute atomic E-state index is 0.0611. The monoisotopic (exact) mass is 288 g/mol. The van der Waals surface area contributed by atoms with Crippen LogP contribution >= 0.6 is 11.6 Å². The van der Waals surface area contributed by atoms with Crippen molar-refractivity contribution in [1.82, 2.24) is 19.5 Å². The number of nitrogens with zero attached hydrogens (tertiary/aromatic N) is 4. The van der Waals surface area contributed by atoms with Crippen molar-refractivity contribution >= 4 is 22.8 Å². The van der Waals surface area contributed by atoms with E-state index in [9.17, 15) is 5.11 Å². The first-order valence-corrected chi connectivity index (χ1v) is 6.71. The average Bonchev–Trinajstić information content (AvgIpc) is 2.77. The van der Waals surface area contributed by atoms with Crippen molar-refractivity contribution in [2.24, 2.45) is 0 Å². The number of pyridine rings is 2. The van der Waals surface area contributed by atoms with Crippen molar-refractivity contribution in [1.29, 1.82) is 0 Å². The Labute approximate surface area is 120 Å². The molecule has 3 heterocycles. The number of rotatable bonds is 3. The highest BCUT2D eigenvalue weighted by molar-refractivity contribution is 6.31. The molecule has 0 aliphatic heterocycles. The molecule has 0 aliphatic carbocycles. The van der Waals surface area contributed by atoms with Crippen LogP contribution in [0.5, 0.6) is 6.01 Å². The number of aromatic nitrogens is 4. The van der Waals surface area contributed by atoms with Crippen molar-refractivity contribution in [2.75, 3.05) is 0 Å². The van der Waals surface area contributed by atoms with Crippen molar-refractivity contribution in [2.45, 2.75) is 19.4 Å². The summed E-state index contributed by atoms with van der Waals surface area (Å²) in [5, 5.41) is 10.7. The van der Waals surface area contributed by atoms with Gasteiger partial charge in [-0.3, -0.25) is 9.55 Å². The third-order valence-electron chi connectivity index (χ3n) is 3.26. The third kappa shape index (κ3) is 2.10. The molecular weight excluding hydrogens is 276 g/mol. The normalized spacial score (nSPS) is 12.7. The van der Waals surface area contributed by atoms with E-state index < -0.39 is 0 Å². The maximum absolute atomic E-state index is 10.1. The van der Waals surface area contributed by atoms with E-state index in [0.717, 1.165) is 12.0 Å². The lowest BCUT2D eigenvalue weighted by molar-refractivity contribution is 0.384. The first kappa shape index (κ1) is 12.9. The van der Waals surface area contributed by atoms with Crippen molar-refractivity contribution in [3.8, 4) is 6.01 Å². The van der Waals surface area contributed by atoms with Crippen LogP contribution in [0.1, 0.15) is 24.9 Å². The molecule has 0 spiro atoms. The highest BCUT2D eigenvalue weighted by Gasteiger charge is 2.20. The molecule has 0 aliphatic rings. The fourth-order valence-corrected chi connectivity index (χ4v) is 2.54. The van der Waals surface area contributed by atoms with Crippen LogP contribution in [0.25, 0.3) is 11.2 Å². The summed E-state index contributed by atoms with van der Waals surface area (Å²) in [6, 6.07) is 5.49. The number of hydrogen-bond donors (Lipinski definition) is 1. The summed E-state index contributed by atoms with van der Waals surface area (Å²) in [6.45, 7) is 2.04. The molecule has 1 N–H and O–H groups in total. The Kier molecular flexibility index (Phi) is 3.28. The molecule has 0 fully saturated rings. The predicted molar refractivity (Wildman–Crippen MR) is 76.9 cm³/mol. The second-order valence-electron chi connectivity index (χ2n) is 4.49. The zero-order chi connectivity index (χ0) is 14.1. The molecule has 3 rings (SSSR count). The summed E-state index contributed by atoms with van der Waals surface area (Å²) in [4.78, 5) is 12.3. The maximum Gasteiger partial charge on any atom is 0.296 e. The van der Waals surface area contributed by atoms with Crippen LogP contribution in [-0.2, 0) is 0 Å². The van der Waals surface area contributed by atoms with E-state index >= 15 is 0 Å². The summed E-state index contributed by atoms with van der Waals surface area (Å²) < 4.78 is 1.74. The maximum atomic E-state index is 10.1. The van der Waals surface area contributed by atoms with Gasteiger partial charge in [0.1, 0.15) is 0 Å². The van der Waals surface area contributed by atoms with Crippen LogP contribution < -0.4 is 0 Å². The zero-order valence-corrected chi connectivity index (χ0v) is 11.6. The van der Waals surface area contributed by atoms with Gasteiger partial charge in [0, 0.05) is 18.6 Å². The highest BCUT2D eigenvalue weighted by atomic mass is 35.5. The number of imidazole rings is 1. The molecule has 1 atom stereocenters. The van der Waals surface area contributed by atoms with Crippen LogP contribution in [0.4, 0.5) is 0 Å². The Hall–Kier alpha value is -2.14. The standard InChI is InChI=1S/C14H13ClN4O/c1-2-11(9-4-3-5-16-7-9)19-12-6-10(15)8-17-13(12)18-14(19)20/h3-8,11H,2H2,1H3,(H,17,18,20). The minimum atomic E-state index is -0.0644. The second kappa shape index (κ2) is 5.09. The lowest BCUT2D eigenvalue weighted by atomic mass is 10.1. The second-order valence-corrected chi connectivity index (χ2v) is 4.92.